The summed E-state index contributed by atoms with van der Waals surface area (Å²) in [6.07, 6.45) is 12.6. The first kappa shape index (κ1) is 9.97. The zero-order valence-electron chi connectivity index (χ0n) is 9.18. The van der Waals surface area contributed by atoms with Gasteiger partial charge in [-0.2, -0.15) is 0 Å². The topological polar surface area (TPSA) is 12.0 Å². The van der Waals surface area contributed by atoms with Gasteiger partial charge in [0.2, 0.25) is 0 Å². The van der Waals surface area contributed by atoms with Crippen molar-refractivity contribution in [3.63, 3.8) is 0 Å². The van der Waals surface area contributed by atoms with E-state index in [2.05, 4.69) is 24.4 Å². The van der Waals surface area contributed by atoms with Crippen molar-refractivity contribution in [3.05, 3.63) is 23.3 Å². The zero-order valence-corrected chi connectivity index (χ0v) is 9.18. The predicted molar refractivity (Wildman–Crippen MR) is 61.3 cm³/mol. The summed E-state index contributed by atoms with van der Waals surface area (Å²) < 4.78 is 0. The molecule has 2 aliphatic rings. The van der Waals surface area contributed by atoms with Gasteiger partial charge in [0.05, 0.1) is 0 Å². The van der Waals surface area contributed by atoms with Crippen molar-refractivity contribution < 1.29 is 0 Å². The third-order valence-corrected chi connectivity index (χ3v) is 3.26. The zero-order chi connectivity index (χ0) is 9.80. The third kappa shape index (κ3) is 2.27. The Kier molecular flexibility index (Phi) is 3.41. The van der Waals surface area contributed by atoms with Gasteiger partial charge in [0, 0.05) is 6.04 Å². The lowest BCUT2D eigenvalue weighted by Crippen LogP contribution is -2.26. The van der Waals surface area contributed by atoms with Crippen LogP contribution in [0.25, 0.3) is 0 Å². The van der Waals surface area contributed by atoms with Crippen molar-refractivity contribution in [2.75, 3.05) is 6.54 Å². The van der Waals surface area contributed by atoms with E-state index in [0.717, 1.165) is 6.04 Å². The van der Waals surface area contributed by atoms with E-state index in [0.29, 0.717) is 0 Å². The van der Waals surface area contributed by atoms with E-state index >= 15 is 0 Å². The van der Waals surface area contributed by atoms with E-state index in [1.807, 2.05) is 0 Å². The van der Waals surface area contributed by atoms with Crippen molar-refractivity contribution in [1.82, 2.24) is 5.32 Å². The Balaban J connectivity index is 1.82. The molecular weight excluding hydrogens is 170 g/mol. The normalized spacial score (nSPS) is 21.8. The van der Waals surface area contributed by atoms with E-state index in [-0.39, 0.29) is 0 Å². The molecule has 0 heterocycles. The fourth-order valence-electron chi connectivity index (χ4n) is 2.44. The van der Waals surface area contributed by atoms with Crippen LogP contribution in [0, 0.1) is 0 Å². The number of rotatable bonds is 4. The van der Waals surface area contributed by atoms with Crippen LogP contribution in [0.2, 0.25) is 0 Å². The minimum atomic E-state index is 0.733. The van der Waals surface area contributed by atoms with Gasteiger partial charge in [-0.25, -0.2) is 0 Å². The number of unbranched alkanes of at least 4 members (excludes halogenated alkanes) is 1. The lowest BCUT2D eigenvalue weighted by atomic mass is 10.0. The first-order valence-electron chi connectivity index (χ1n) is 6.02. The van der Waals surface area contributed by atoms with Crippen LogP contribution < -0.4 is 5.32 Å². The summed E-state index contributed by atoms with van der Waals surface area (Å²) >= 11 is 0. The lowest BCUT2D eigenvalue weighted by molar-refractivity contribution is 0.526. The summed E-state index contributed by atoms with van der Waals surface area (Å²) in [7, 11) is 0. The Morgan fingerprint density at radius 3 is 2.43 bits per heavy atom. The second kappa shape index (κ2) is 4.79. The molecule has 0 aliphatic heterocycles. The number of allylic oxidation sites excluding steroid dienone is 2. The fraction of sp³-hybridized carbons (Fsp3) is 0.692. The Morgan fingerprint density at radius 2 is 1.86 bits per heavy atom. The Morgan fingerprint density at radius 1 is 1.21 bits per heavy atom. The average Bonchev–Trinajstić information content (AvgIpc) is 2.60. The lowest BCUT2D eigenvalue weighted by Gasteiger charge is -2.09. The SMILES string of the molecule is CCCCNC1CC2=CCCC=C2C1. The van der Waals surface area contributed by atoms with E-state index in [1.165, 1.54) is 45.1 Å². The van der Waals surface area contributed by atoms with Crippen LogP contribution in [-0.2, 0) is 0 Å². The highest BCUT2D eigenvalue weighted by Crippen LogP contribution is 2.34. The average molecular weight is 191 g/mol. The maximum atomic E-state index is 3.66. The molecule has 0 aromatic heterocycles. The molecule has 0 bridgehead atoms. The summed E-state index contributed by atoms with van der Waals surface area (Å²) in [6.45, 7) is 3.45. The monoisotopic (exact) mass is 191 g/mol. The van der Waals surface area contributed by atoms with Crippen molar-refractivity contribution in [3.8, 4) is 0 Å². The summed E-state index contributed by atoms with van der Waals surface area (Å²) in [5.74, 6) is 0. The molecule has 78 valence electrons. The van der Waals surface area contributed by atoms with Crippen LogP contribution in [0.15, 0.2) is 23.3 Å². The molecule has 0 unspecified atom stereocenters. The molecule has 1 fully saturated rings. The molecule has 1 heteroatoms. The quantitative estimate of drug-likeness (QED) is 0.673. The summed E-state index contributed by atoms with van der Waals surface area (Å²) in [4.78, 5) is 0. The third-order valence-electron chi connectivity index (χ3n) is 3.26. The molecule has 2 rings (SSSR count). The number of hydrogen-bond acceptors (Lipinski definition) is 1. The van der Waals surface area contributed by atoms with E-state index in [9.17, 15) is 0 Å². The molecule has 0 aromatic rings. The van der Waals surface area contributed by atoms with Gasteiger partial charge in [0.1, 0.15) is 0 Å². The van der Waals surface area contributed by atoms with Gasteiger partial charge in [0.15, 0.2) is 0 Å². The molecule has 14 heavy (non-hydrogen) atoms. The van der Waals surface area contributed by atoms with Crippen LogP contribution >= 0.6 is 0 Å². The summed E-state index contributed by atoms with van der Waals surface area (Å²) in [5, 5.41) is 3.66. The van der Waals surface area contributed by atoms with E-state index in [4.69, 9.17) is 0 Å². The Labute approximate surface area is 87.3 Å². The fourth-order valence-corrected chi connectivity index (χ4v) is 2.44. The number of nitrogens with one attached hydrogen (secondary N) is 1. The highest BCUT2D eigenvalue weighted by atomic mass is 14.9. The summed E-state index contributed by atoms with van der Waals surface area (Å²) in [6, 6.07) is 0.733. The van der Waals surface area contributed by atoms with Gasteiger partial charge in [0.25, 0.3) is 0 Å². The maximum absolute atomic E-state index is 3.66. The van der Waals surface area contributed by atoms with Crippen LogP contribution in [0.4, 0.5) is 0 Å². The maximum Gasteiger partial charge on any atom is 0.0148 e. The minimum Gasteiger partial charge on any atom is -0.313 e. The molecule has 0 aromatic carbocycles. The van der Waals surface area contributed by atoms with E-state index in [1.54, 1.807) is 11.1 Å². The second-order valence-electron chi connectivity index (χ2n) is 4.45. The molecule has 0 spiro atoms. The predicted octanol–water partition coefficient (Wildman–Crippen LogP) is 3.19. The molecular formula is C13H21N. The highest BCUT2D eigenvalue weighted by Gasteiger charge is 2.23. The number of hydrogen-bond donors (Lipinski definition) is 1. The smallest absolute Gasteiger partial charge is 0.0148 e. The highest BCUT2D eigenvalue weighted by molar-refractivity contribution is 5.39. The second-order valence-corrected chi connectivity index (χ2v) is 4.45. The Bertz CT molecular complexity index is 228. The van der Waals surface area contributed by atoms with Crippen LogP contribution in [0.1, 0.15) is 45.4 Å². The van der Waals surface area contributed by atoms with Crippen LogP contribution in [-0.4, -0.2) is 12.6 Å². The molecule has 1 N–H and O–H groups in total. The van der Waals surface area contributed by atoms with Crippen molar-refractivity contribution in [1.29, 1.82) is 0 Å². The van der Waals surface area contributed by atoms with Crippen LogP contribution in [0.5, 0.6) is 0 Å². The molecule has 0 amide bonds. The van der Waals surface area contributed by atoms with Crippen molar-refractivity contribution in [2.45, 2.75) is 51.5 Å². The van der Waals surface area contributed by atoms with Crippen LogP contribution in [0.3, 0.4) is 0 Å². The summed E-state index contributed by atoms with van der Waals surface area (Å²) in [5.41, 5.74) is 3.26. The first-order valence-corrected chi connectivity index (χ1v) is 6.02. The molecule has 2 aliphatic carbocycles. The van der Waals surface area contributed by atoms with Crippen molar-refractivity contribution in [2.24, 2.45) is 0 Å². The molecule has 1 saturated carbocycles. The van der Waals surface area contributed by atoms with Gasteiger partial charge < -0.3 is 5.32 Å². The van der Waals surface area contributed by atoms with Gasteiger partial charge in [-0.15, -0.1) is 0 Å². The van der Waals surface area contributed by atoms with Gasteiger partial charge in [-0.1, -0.05) is 25.5 Å². The largest absolute Gasteiger partial charge is 0.313 e. The molecule has 1 nitrogen and oxygen atoms in total. The van der Waals surface area contributed by atoms with Gasteiger partial charge >= 0.3 is 0 Å². The van der Waals surface area contributed by atoms with Gasteiger partial charge in [-0.05, 0) is 49.8 Å². The molecule has 0 atom stereocenters. The number of fused-ring (bicyclic) bond motifs is 1. The molecule has 0 saturated heterocycles. The molecule has 0 radical (unpaired) electrons. The Hall–Kier alpha value is -0.560. The van der Waals surface area contributed by atoms with Gasteiger partial charge in [-0.3, -0.25) is 0 Å². The standard InChI is InChI=1S/C13H21N/c1-2-3-8-14-13-9-11-6-4-5-7-12(11)10-13/h6-7,13-14H,2-5,8-10H2,1H3. The van der Waals surface area contributed by atoms with Crippen molar-refractivity contribution >= 4 is 0 Å². The minimum absolute atomic E-state index is 0.733. The first-order chi connectivity index (χ1) is 6.90. The van der Waals surface area contributed by atoms with E-state index < -0.39 is 0 Å².